The van der Waals surface area contributed by atoms with E-state index in [0.717, 1.165) is 0 Å². The third kappa shape index (κ3) is 1.36. The fourth-order valence-corrected chi connectivity index (χ4v) is 2.32. The van der Waals surface area contributed by atoms with Crippen LogP contribution in [0.2, 0.25) is 0 Å². The summed E-state index contributed by atoms with van der Waals surface area (Å²) < 4.78 is 0. The van der Waals surface area contributed by atoms with Crippen LogP contribution in [0.3, 0.4) is 0 Å². The number of amides is 2. The minimum Gasteiger partial charge on any atom is -0.370 e. The first-order valence-electron chi connectivity index (χ1n) is 4.92. The van der Waals surface area contributed by atoms with Crippen LogP contribution in [0.1, 0.15) is 6.42 Å². The Labute approximate surface area is 87.5 Å². The normalized spacial score (nSPS) is 30.7. The summed E-state index contributed by atoms with van der Waals surface area (Å²) in [5.74, 6) is -0.759. The van der Waals surface area contributed by atoms with Crippen LogP contribution in [0, 0.1) is 17.2 Å². The van der Waals surface area contributed by atoms with Crippen LogP contribution >= 0.6 is 0 Å². The predicted octanol–water partition coefficient (Wildman–Crippen LogP) is -1.18. The van der Waals surface area contributed by atoms with Crippen molar-refractivity contribution in [1.29, 1.82) is 5.41 Å². The van der Waals surface area contributed by atoms with E-state index < -0.39 is 0 Å². The Morgan fingerprint density at radius 3 is 2.60 bits per heavy atom. The summed E-state index contributed by atoms with van der Waals surface area (Å²) in [6, 6.07) is 0. The molecule has 2 atom stereocenters. The number of carbonyl (C=O) groups is 2. The molecule has 2 aliphatic heterocycles. The molecule has 2 rings (SSSR count). The van der Waals surface area contributed by atoms with Gasteiger partial charge in [0, 0.05) is 20.1 Å². The van der Waals surface area contributed by atoms with Crippen molar-refractivity contribution in [3.63, 3.8) is 0 Å². The van der Waals surface area contributed by atoms with Crippen molar-refractivity contribution in [2.75, 3.05) is 20.1 Å². The maximum absolute atomic E-state index is 11.7. The molecule has 0 unspecified atom stereocenters. The number of piperidine rings is 1. The highest BCUT2D eigenvalue weighted by Crippen LogP contribution is 2.32. The Kier molecular flexibility index (Phi) is 2.13. The highest BCUT2D eigenvalue weighted by Gasteiger charge is 2.48. The number of nitrogens with zero attached hydrogens (tertiary/aromatic N) is 2. The molecule has 0 bridgehead atoms. The molecular weight excluding hydrogens is 196 g/mol. The summed E-state index contributed by atoms with van der Waals surface area (Å²) >= 11 is 0. The Balaban J connectivity index is 2.18. The molecule has 6 heteroatoms. The number of imide groups is 1. The zero-order valence-electron chi connectivity index (χ0n) is 8.56. The van der Waals surface area contributed by atoms with Gasteiger partial charge in [0.15, 0.2) is 5.96 Å². The smallest absolute Gasteiger partial charge is 0.234 e. The molecule has 6 nitrogen and oxygen atoms in total. The number of guanidine groups is 1. The lowest BCUT2D eigenvalue weighted by atomic mass is 9.88. The fraction of sp³-hybridized carbons (Fsp3) is 0.667. The molecule has 0 saturated carbocycles. The van der Waals surface area contributed by atoms with Gasteiger partial charge in [-0.1, -0.05) is 0 Å². The third-order valence-electron chi connectivity index (χ3n) is 3.25. The van der Waals surface area contributed by atoms with Gasteiger partial charge in [0.2, 0.25) is 11.8 Å². The van der Waals surface area contributed by atoms with Crippen molar-refractivity contribution in [1.82, 2.24) is 9.80 Å². The third-order valence-corrected chi connectivity index (χ3v) is 3.25. The van der Waals surface area contributed by atoms with Gasteiger partial charge in [-0.25, -0.2) is 0 Å². The first-order chi connectivity index (χ1) is 7.02. The zero-order valence-corrected chi connectivity index (χ0v) is 8.56. The molecule has 2 aliphatic rings. The zero-order chi connectivity index (χ0) is 11.2. The maximum Gasteiger partial charge on any atom is 0.234 e. The van der Waals surface area contributed by atoms with Crippen molar-refractivity contribution in [2.24, 2.45) is 17.6 Å². The van der Waals surface area contributed by atoms with Gasteiger partial charge in [-0.3, -0.25) is 19.9 Å². The lowest BCUT2D eigenvalue weighted by molar-refractivity contribution is -0.138. The standard InChI is InChI=1S/C9H14N4O2/c1-12-7(14)5-2-3-13(9(10)11)4-6(5)8(12)15/h5-6H,2-4H2,1H3,(H3,10,11)/t5-,6-/m1/s1. The molecule has 3 N–H and O–H groups in total. The quantitative estimate of drug-likeness (QED) is 0.299. The topological polar surface area (TPSA) is 90.5 Å². The van der Waals surface area contributed by atoms with Gasteiger partial charge >= 0.3 is 0 Å². The van der Waals surface area contributed by atoms with E-state index in [9.17, 15) is 9.59 Å². The van der Waals surface area contributed by atoms with Gasteiger partial charge in [0.25, 0.3) is 0 Å². The summed E-state index contributed by atoms with van der Waals surface area (Å²) in [5.41, 5.74) is 5.36. The van der Waals surface area contributed by atoms with Gasteiger partial charge in [0.1, 0.15) is 0 Å². The van der Waals surface area contributed by atoms with Crippen molar-refractivity contribution < 1.29 is 9.59 Å². The molecule has 2 saturated heterocycles. The van der Waals surface area contributed by atoms with Crippen LogP contribution in [-0.4, -0.2) is 47.7 Å². The van der Waals surface area contributed by atoms with Crippen LogP contribution in [-0.2, 0) is 9.59 Å². The number of rotatable bonds is 0. The lowest BCUT2D eigenvalue weighted by Gasteiger charge is -2.32. The highest BCUT2D eigenvalue weighted by atomic mass is 16.2. The highest BCUT2D eigenvalue weighted by molar-refractivity contribution is 6.05. The Bertz CT molecular complexity index is 341. The summed E-state index contributed by atoms with van der Waals surface area (Å²) in [5, 5.41) is 7.30. The average Bonchev–Trinajstić information content (AvgIpc) is 2.44. The number of nitrogens with one attached hydrogen (secondary N) is 1. The number of likely N-dealkylation sites (tertiary alicyclic amines) is 2. The SMILES string of the molecule is CN1C(=O)[C@@H]2CCN(C(=N)N)C[C@H]2C1=O. The monoisotopic (exact) mass is 210 g/mol. The molecule has 0 aromatic rings. The second kappa shape index (κ2) is 3.22. The van der Waals surface area contributed by atoms with Crippen molar-refractivity contribution in [3.05, 3.63) is 0 Å². The van der Waals surface area contributed by atoms with Crippen molar-refractivity contribution in [2.45, 2.75) is 6.42 Å². The van der Waals surface area contributed by atoms with Crippen LogP contribution in [0.25, 0.3) is 0 Å². The summed E-state index contributed by atoms with van der Waals surface area (Å²) in [6.07, 6.45) is 0.610. The van der Waals surface area contributed by atoms with E-state index in [1.807, 2.05) is 0 Å². The van der Waals surface area contributed by atoms with Gasteiger partial charge in [0.05, 0.1) is 11.8 Å². The van der Waals surface area contributed by atoms with Crippen LogP contribution in [0.15, 0.2) is 0 Å². The van der Waals surface area contributed by atoms with E-state index >= 15 is 0 Å². The van der Waals surface area contributed by atoms with E-state index in [1.165, 1.54) is 11.9 Å². The number of carbonyl (C=O) groups excluding carboxylic acids is 2. The Hall–Kier alpha value is -1.59. The number of hydrogen-bond acceptors (Lipinski definition) is 3. The second-order valence-corrected chi connectivity index (χ2v) is 4.07. The van der Waals surface area contributed by atoms with Crippen molar-refractivity contribution >= 4 is 17.8 Å². The molecule has 0 aromatic heterocycles. The maximum atomic E-state index is 11.7. The number of nitrogens with two attached hydrogens (primary N) is 1. The molecule has 0 radical (unpaired) electrons. The lowest BCUT2D eigenvalue weighted by Crippen LogP contribution is -2.47. The number of hydrogen-bond donors (Lipinski definition) is 2. The van der Waals surface area contributed by atoms with Gasteiger partial charge in [-0.15, -0.1) is 0 Å². The fourth-order valence-electron chi connectivity index (χ4n) is 2.32. The van der Waals surface area contributed by atoms with Gasteiger partial charge in [-0.2, -0.15) is 0 Å². The predicted molar refractivity (Wildman–Crippen MR) is 52.9 cm³/mol. The molecule has 0 aromatic carbocycles. The molecule has 2 heterocycles. The van der Waals surface area contributed by atoms with E-state index in [4.69, 9.17) is 11.1 Å². The van der Waals surface area contributed by atoms with Gasteiger partial charge < -0.3 is 10.6 Å². The van der Waals surface area contributed by atoms with Crippen LogP contribution in [0.5, 0.6) is 0 Å². The average molecular weight is 210 g/mol. The van der Waals surface area contributed by atoms with Crippen molar-refractivity contribution in [3.8, 4) is 0 Å². The Morgan fingerprint density at radius 1 is 1.40 bits per heavy atom. The summed E-state index contributed by atoms with van der Waals surface area (Å²) in [7, 11) is 1.51. The largest absolute Gasteiger partial charge is 0.370 e. The number of fused-ring (bicyclic) bond motifs is 1. The minimum atomic E-state index is -0.305. The Morgan fingerprint density at radius 2 is 2.00 bits per heavy atom. The molecule has 2 amide bonds. The molecule has 0 aliphatic carbocycles. The van der Waals surface area contributed by atoms with Crippen LogP contribution < -0.4 is 5.73 Å². The van der Waals surface area contributed by atoms with Gasteiger partial charge in [-0.05, 0) is 6.42 Å². The van der Waals surface area contributed by atoms with E-state index in [0.29, 0.717) is 19.5 Å². The molecular formula is C9H14N4O2. The van der Waals surface area contributed by atoms with E-state index in [1.54, 1.807) is 4.90 Å². The summed E-state index contributed by atoms with van der Waals surface area (Å²) in [4.78, 5) is 26.2. The molecule has 2 fully saturated rings. The molecule has 0 spiro atoms. The first-order valence-corrected chi connectivity index (χ1v) is 4.92. The second-order valence-electron chi connectivity index (χ2n) is 4.07. The first kappa shape index (κ1) is 9.95. The molecule has 15 heavy (non-hydrogen) atoms. The van der Waals surface area contributed by atoms with Crippen LogP contribution in [0.4, 0.5) is 0 Å². The molecule has 82 valence electrons. The summed E-state index contributed by atoms with van der Waals surface area (Å²) in [6.45, 7) is 0.984. The van der Waals surface area contributed by atoms with E-state index in [-0.39, 0.29) is 29.6 Å². The van der Waals surface area contributed by atoms with E-state index in [2.05, 4.69) is 0 Å². The minimum absolute atomic E-state index is 0.0248.